The normalized spacial score (nSPS) is 19.7. The average Bonchev–Trinajstić information content (AvgIpc) is 3.47. The van der Waals surface area contributed by atoms with Crippen molar-refractivity contribution in [3.05, 3.63) is 52.2 Å². The Balaban J connectivity index is 1.64. The van der Waals surface area contributed by atoms with Gasteiger partial charge in [-0.3, -0.25) is 4.79 Å². The van der Waals surface area contributed by atoms with Crippen LogP contribution < -0.4 is 10.6 Å². The summed E-state index contributed by atoms with van der Waals surface area (Å²) in [6.45, 7) is 4.76. The molecule has 8 nitrogen and oxygen atoms in total. The standard InChI is InChI=1S/C23H26F4N4O4/c1-12(15-4-3-5-16(20(15)24)23(25,26)27)28-21-19(22-34-8-9-35-22)17(29-13(2)30-21)10-18(32)31-14-6-7-33-11-14/h3-5,12,14,22H,6-11H2,1-2H3,(H,31,32)(H,28,29,30)/t12-,14+/m1/s1. The Morgan fingerprint density at radius 1 is 1.20 bits per heavy atom. The molecular formula is C23H26F4N4O4. The van der Waals surface area contributed by atoms with Crippen molar-refractivity contribution in [2.45, 2.75) is 51.2 Å². The van der Waals surface area contributed by atoms with Gasteiger partial charge in [0.25, 0.3) is 0 Å². The molecule has 0 spiro atoms. The summed E-state index contributed by atoms with van der Waals surface area (Å²) in [5.41, 5.74) is -0.834. The van der Waals surface area contributed by atoms with E-state index in [1.165, 1.54) is 13.0 Å². The van der Waals surface area contributed by atoms with Gasteiger partial charge in [-0.25, -0.2) is 14.4 Å². The van der Waals surface area contributed by atoms with Crippen LogP contribution in [-0.2, 0) is 31.6 Å². The van der Waals surface area contributed by atoms with Crippen LogP contribution in [0.25, 0.3) is 0 Å². The Bertz CT molecular complexity index is 1070. The number of anilines is 1. The summed E-state index contributed by atoms with van der Waals surface area (Å²) >= 11 is 0. The Morgan fingerprint density at radius 2 is 1.94 bits per heavy atom. The van der Waals surface area contributed by atoms with Crippen LogP contribution in [0.5, 0.6) is 0 Å². The van der Waals surface area contributed by atoms with Gasteiger partial charge in [0.15, 0.2) is 6.29 Å². The highest BCUT2D eigenvalue weighted by molar-refractivity contribution is 5.79. The molecule has 2 aliphatic heterocycles. The first-order chi connectivity index (χ1) is 16.6. The topological polar surface area (TPSA) is 94.6 Å². The number of hydrogen-bond donors (Lipinski definition) is 2. The quantitative estimate of drug-likeness (QED) is 0.564. The predicted octanol–water partition coefficient (Wildman–Crippen LogP) is 3.61. The third-order valence-electron chi connectivity index (χ3n) is 5.77. The molecule has 0 radical (unpaired) electrons. The number of carbonyl (C=O) groups excluding carboxylic acids is 1. The van der Waals surface area contributed by atoms with E-state index in [9.17, 15) is 22.4 Å². The van der Waals surface area contributed by atoms with Crippen molar-refractivity contribution >= 4 is 11.7 Å². The Labute approximate surface area is 199 Å². The monoisotopic (exact) mass is 498 g/mol. The molecule has 35 heavy (non-hydrogen) atoms. The first kappa shape index (κ1) is 25.3. The molecule has 2 saturated heterocycles. The van der Waals surface area contributed by atoms with Gasteiger partial charge >= 0.3 is 6.18 Å². The van der Waals surface area contributed by atoms with Crippen molar-refractivity contribution in [1.82, 2.24) is 15.3 Å². The number of hydrogen-bond acceptors (Lipinski definition) is 7. The molecule has 2 aromatic rings. The maximum atomic E-state index is 14.7. The third-order valence-corrected chi connectivity index (χ3v) is 5.77. The summed E-state index contributed by atoms with van der Waals surface area (Å²) in [6, 6.07) is 2.13. The largest absolute Gasteiger partial charge is 0.419 e. The zero-order valence-electron chi connectivity index (χ0n) is 19.2. The van der Waals surface area contributed by atoms with Gasteiger partial charge in [0, 0.05) is 12.2 Å². The number of benzene rings is 1. The molecule has 1 amide bonds. The van der Waals surface area contributed by atoms with E-state index in [0.29, 0.717) is 56.0 Å². The smallest absolute Gasteiger partial charge is 0.379 e. The lowest BCUT2D eigenvalue weighted by molar-refractivity contribution is -0.140. The average molecular weight is 498 g/mol. The second kappa shape index (κ2) is 10.4. The number of aromatic nitrogens is 2. The Morgan fingerprint density at radius 3 is 2.60 bits per heavy atom. The van der Waals surface area contributed by atoms with Crippen molar-refractivity contribution in [2.24, 2.45) is 0 Å². The maximum absolute atomic E-state index is 14.7. The van der Waals surface area contributed by atoms with Crippen LogP contribution in [-0.4, -0.2) is 48.3 Å². The van der Waals surface area contributed by atoms with Crippen LogP contribution in [0.3, 0.4) is 0 Å². The van der Waals surface area contributed by atoms with Crippen LogP contribution >= 0.6 is 0 Å². The maximum Gasteiger partial charge on any atom is 0.419 e. The van der Waals surface area contributed by atoms with E-state index >= 15 is 0 Å². The first-order valence-electron chi connectivity index (χ1n) is 11.2. The summed E-state index contributed by atoms with van der Waals surface area (Å²) in [6.07, 6.45) is -5.09. The van der Waals surface area contributed by atoms with Gasteiger partial charge in [0.1, 0.15) is 17.5 Å². The highest BCUT2D eigenvalue weighted by Gasteiger charge is 2.36. The van der Waals surface area contributed by atoms with Gasteiger partial charge in [0.05, 0.1) is 55.1 Å². The molecule has 0 unspecified atom stereocenters. The van der Waals surface area contributed by atoms with Crippen molar-refractivity contribution in [3.8, 4) is 0 Å². The molecule has 3 heterocycles. The molecule has 190 valence electrons. The molecule has 2 N–H and O–H groups in total. The van der Waals surface area contributed by atoms with Crippen LogP contribution in [0.4, 0.5) is 23.4 Å². The molecule has 1 aromatic heterocycles. The van der Waals surface area contributed by atoms with Crippen molar-refractivity contribution < 1.29 is 36.6 Å². The van der Waals surface area contributed by atoms with Gasteiger partial charge in [-0.2, -0.15) is 13.2 Å². The van der Waals surface area contributed by atoms with E-state index < -0.39 is 29.9 Å². The highest BCUT2D eigenvalue weighted by Crippen LogP contribution is 2.36. The zero-order chi connectivity index (χ0) is 25.2. The summed E-state index contributed by atoms with van der Waals surface area (Å²) in [4.78, 5) is 21.5. The minimum absolute atomic E-state index is 0.0885. The SMILES string of the molecule is Cc1nc(CC(=O)N[C@H]2CCOC2)c(C2OCCO2)c(N[C@H](C)c2cccc(C(F)(F)F)c2F)n1. The predicted molar refractivity (Wildman–Crippen MR) is 116 cm³/mol. The lowest BCUT2D eigenvalue weighted by atomic mass is 10.0. The molecule has 12 heteroatoms. The zero-order valence-corrected chi connectivity index (χ0v) is 19.2. The summed E-state index contributed by atoms with van der Waals surface area (Å²) < 4.78 is 70.9. The van der Waals surface area contributed by atoms with Crippen LogP contribution in [0, 0.1) is 12.7 Å². The molecule has 2 fully saturated rings. The number of rotatable bonds is 7. The third kappa shape index (κ3) is 5.88. The Kier molecular flexibility index (Phi) is 7.53. The Hall–Kier alpha value is -2.83. The number of ether oxygens (including phenoxy) is 3. The van der Waals surface area contributed by atoms with E-state index in [1.54, 1.807) is 6.92 Å². The number of amides is 1. The van der Waals surface area contributed by atoms with Gasteiger partial charge in [-0.15, -0.1) is 0 Å². The minimum Gasteiger partial charge on any atom is -0.379 e. The molecule has 0 saturated carbocycles. The minimum atomic E-state index is -4.83. The van der Waals surface area contributed by atoms with E-state index in [4.69, 9.17) is 14.2 Å². The van der Waals surface area contributed by atoms with E-state index in [2.05, 4.69) is 20.6 Å². The molecule has 4 rings (SSSR count). The second-order valence-electron chi connectivity index (χ2n) is 8.43. The number of carbonyl (C=O) groups is 1. The van der Waals surface area contributed by atoms with Gasteiger partial charge in [0.2, 0.25) is 5.91 Å². The lowest BCUT2D eigenvalue weighted by Crippen LogP contribution is -2.36. The lowest BCUT2D eigenvalue weighted by Gasteiger charge is -2.23. The number of alkyl halides is 3. The fourth-order valence-corrected chi connectivity index (χ4v) is 4.12. The highest BCUT2D eigenvalue weighted by atomic mass is 19.4. The number of nitrogens with one attached hydrogen (secondary N) is 2. The van der Waals surface area contributed by atoms with Crippen molar-refractivity contribution in [3.63, 3.8) is 0 Å². The fraction of sp³-hybridized carbons (Fsp3) is 0.522. The summed E-state index contributed by atoms with van der Waals surface area (Å²) in [7, 11) is 0. The van der Waals surface area contributed by atoms with Gasteiger partial charge < -0.3 is 24.8 Å². The van der Waals surface area contributed by atoms with E-state index in [-0.39, 0.29) is 29.8 Å². The van der Waals surface area contributed by atoms with Crippen LogP contribution in [0.1, 0.15) is 53.9 Å². The van der Waals surface area contributed by atoms with Crippen molar-refractivity contribution in [1.29, 1.82) is 0 Å². The molecule has 0 aliphatic carbocycles. The number of aryl methyl sites for hydroxylation is 1. The van der Waals surface area contributed by atoms with Crippen molar-refractivity contribution in [2.75, 3.05) is 31.7 Å². The molecule has 2 atom stereocenters. The van der Waals surface area contributed by atoms with E-state index in [0.717, 1.165) is 6.07 Å². The number of halogens is 4. The van der Waals surface area contributed by atoms with Crippen LogP contribution in [0.15, 0.2) is 18.2 Å². The molecule has 1 aromatic carbocycles. The number of nitrogens with zero attached hydrogens (tertiary/aromatic N) is 2. The van der Waals surface area contributed by atoms with Gasteiger partial charge in [-0.1, -0.05) is 12.1 Å². The molecular weight excluding hydrogens is 472 g/mol. The van der Waals surface area contributed by atoms with Gasteiger partial charge in [-0.05, 0) is 26.3 Å². The van der Waals surface area contributed by atoms with Crippen LogP contribution in [0.2, 0.25) is 0 Å². The summed E-state index contributed by atoms with van der Waals surface area (Å²) in [5.74, 6) is -1.13. The fourth-order valence-electron chi connectivity index (χ4n) is 4.12. The first-order valence-corrected chi connectivity index (χ1v) is 11.2. The summed E-state index contributed by atoms with van der Waals surface area (Å²) in [5, 5.41) is 5.88. The second-order valence-corrected chi connectivity index (χ2v) is 8.43. The van der Waals surface area contributed by atoms with E-state index in [1.807, 2.05) is 0 Å². The molecule has 0 bridgehead atoms. The molecule has 2 aliphatic rings.